The van der Waals surface area contributed by atoms with Gasteiger partial charge in [-0.25, -0.2) is 0 Å². The molecule has 17 heavy (non-hydrogen) atoms. The number of rotatable bonds is 4. The van der Waals surface area contributed by atoms with Gasteiger partial charge in [-0.05, 0) is 25.7 Å². The minimum absolute atomic E-state index is 0.191. The Balaban J connectivity index is 1.96. The van der Waals surface area contributed by atoms with E-state index in [9.17, 15) is 0 Å². The standard InChI is InChI=1S/C15H24O2/c1-3-4-5-6-9-14(2)10-7-8-11-15(14)16-12-13-17-15/h1H,4-13H2,2H3/t14-/m1/s1. The first-order valence-electron chi connectivity index (χ1n) is 6.94. The Morgan fingerprint density at radius 2 is 1.82 bits per heavy atom. The molecule has 2 rings (SSSR count). The molecule has 96 valence electrons. The van der Waals surface area contributed by atoms with Crippen molar-refractivity contribution in [1.82, 2.24) is 0 Å². The molecule has 0 aromatic heterocycles. The van der Waals surface area contributed by atoms with Crippen molar-refractivity contribution >= 4 is 0 Å². The van der Waals surface area contributed by atoms with Crippen molar-refractivity contribution < 1.29 is 9.47 Å². The zero-order valence-electron chi connectivity index (χ0n) is 11.0. The molecule has 0 radical (unpaired) electrons. The molecular weight excluding hydrogens is 212 g/mol. The lowest BCUT2D eigenvalue weighted by molar-refractivity contribution is -0.253. The molecule has 1 saturated carbocycles. The summed E-state index contributed by atoms with van der Waals surface area (Å²) in [5.41, 5.74) is 0.191. The van der Waals surface area contributed by atoms with Crippen LogP contribution < -0.4 is 0 Å². The van der Waals surface area contributed by atoms with E-state index >= 15 is 0 Å². The molecule has 0 N–H and O–H groups in total. The van der Waals surface area contributed by atoms with Crippen LogP contribution in [0.3, 0.4) is 0 Å². The molecule has 0 amide bonds. The molecule has 0 aromatic carbocycles. The first kappa shape index (κ1) is 12.9. The average Bonchev–Trinajstić information content (AvgIpc) is 2.80. The van der Waals surface area contributed by atoms with Gasteiger partial charge in [-0.15, -0.1) is 12.3 Å². The first-order chi connectivity index (χ1) is 8.22. The summed E-state index contributed by atoms with van der Waals surface area (Å²) in [6, 6.07) is 0. The highest BCUT2D eigenvalue weighted by Gasteiger charge is 2.53. The van der Waals surface area contributed by atoms with E-state index in [-0.39, 0.29) is 11.2 Å². The van der Waals surface area contributed by atoms with Crippen LogP contribution in [0.15, 0.2) is 0 Å². The summed E-state index contributed by atoms with van der Waals surface area (Å²) in [5.74, 6) is 2.44. The van der Waals surface area contributed by atoms with Crippen LogP contribution in [0.5, 0.6) is 0 Å². The molecule has 2 heteroatoms. The average molecular weight is 236 g/mol. The number of hydrogen-bond acceptors (Lipinski definition) is 2. The molecule has 1 aliphatic heterocycles. The molecule has 1 spiro atoms. The van der Waals surface area contributed by atoms with Crippen LogP contribution in [0.1, 0.15) is 58.3 Å². The highest BCUT2D eigenvalue weighted by Crippen LogP contribution is 2.51. The van der Waals surface area contributed by atoms with Gasteiger partial charge in [0.05, 0.1) is 13.2 Å². The first-order valence-corrected chi connectivity index (χ1v) is 6.94. The molecule has 2 aliphatic rings. The Kier molecular flexibility index (Phi) is 4.12. The third kappa shape index (κ3) is 2.51. The Bertz CT molecular complexity index is 286. The zero-order chi connectivity index (χ0) is 12.2. The topological polar surface area (TPSA) is 18.5 Å². The van der Waals surface area contributed by atoms with Gasteiger partial charge in [0.25, 0.3) is 0 Å². The summed E-state index contributed by atoms with van der Waals surface area (Å²) in [6.07, 6.45) is 14.5. The third-order valence-electron chi connectivity index (χ3n) is 4.46. The predicted molar refractivity (Wildman–Crippen MR) is 68.5 cm³/mol. The third-order valence-corrected chi connectivity index (χ3v) is 4.46. The Hall–Kier alpha value is -0.520. The molecule has 1 atom stereocenters. The van der Waals surface area contributed by atoms with Gasteiger partial charge in [-0.2, -0.15) is 0 Å². The minimum Gasteiger partial charge on any atom is -0.347 e. The lowest BCUT2D eigenvalue weighted by Gasteiger charge is -2.48. The summed E-state index contributed by atoms with van der Waals surface area (Å²) < 4.78 is 12.0. The van der Waals surface area contributed by atoms with Crippen LogP contribution in [-0.4, -0.2) is 19.0 Å². The van der Waals surface area contributed by atoms with E-state index in [4.69, 9.17) is 15.9 Å². The molecule has 1 heterocycles. The zero-order valence-corrected chi connectivity index (χ0v) is 11.0. The van der Waals surface area contributed by atoms with Crippen LogP contribution in [0.2, 0.25) is 0 Å². The lowest BCUT2D eigenvalue weighted by Crippen LogP contribution is -2.49. The van der Waals surface area contributed by atoms with Crippen LogP contribution in [0, 0.1) is 17.8 Å². The van der Waals surface area contributed by atoms with E-state index in [1.165, 1.54) is 32.1 Å². The summed E-state index contributed by atoms with van der Waals surface area (Å²) in [5, 5.41) is 0. The van der Waals surface area contributed by atoms with Gasteiger partial charge >= 0.3 is 0 Å². The van der Waals surface area contributed by atoms with Gasteiger partial charge in [-0.3, -0.25) is 0 Å². The second kappa shape index (κ2) is 5.42. The van der Waals surface area contributed by atoms with Crippen LogP contribution in [0.25, 0.3) is 0 Å². The summed E-state index contributed by atoms with van der Waals surface area (Å²) in [7, 11) is 0. The maximum atomic E-state index is 5.99. The Morgan fingerprint density at radius 1 is 1.12 bits per heavy atom. The van der Waals surface area contributed by atoms with Crippen molar-refractivity contribution in [2.75, 3.05) is 13.2 Å². The van der Waals surface area contributed by atoms with Gasteiger partial charge in [0.2, 0.25) is 0 Å². The summed E-state index contributed by atoms with van der Waals surface area (Å²) in [6.45, 7) is 3.87. The van der Waals surface area contributed by atoms with Gasteiger partial charge in [0, 0.05) is 18.3 Å². The van der Waals surface area contributed by atoms with Crippen molar-refractivity contribution in [2.45, 2.75) is 64.1 Å². The summed E-state index contributed by atoms with van der Waals surface area (Å²) >= 11 is 0. The quantitative estimate of drug-likeness (QED) is 0.549. The molecule has 2 fully saturated rings. The highest BCUT2D eigenvalue weighted by atomic mass is 16.7. The smallest absolute Gasteiger partial charge is 0.173 e. The van der Waals surface area contributed by atoms with Crippen molar-refractivity contribution in [3.05, 3.63) is 0 Å². The molecule has 0 bridgehead atoms. The lowest BCUT2D eigenvalue weighted by atomic mass is 9.67. The van der Waals surface area contributed by atoms with Crippen LogP contribution >= 0.6 is 0 Å². The van der Waals surface area contributed by atoms with Crippen molar-refractivity contribution in [1.29, 1.82) is 0 Å². The molecule has 0 unspecified atom stereocenters. The molecule has 1 aliphatic carbocycles. The maximum absolute atomic E-state index is 5.99. The van der Waals surface area contributed by atoms with Gasteiger partial charge in [-0.1, -0.05) is 19.8 Å². The van der Waals surface area contributed by atoms with E-state index in [0.29, 0.717) is 0 Å². The number of terminal acetylenes is 1. The van der Waals surface area contributed by atoms with Crippen LogP contribution in [0.4, 0.5) is 0 Å². The molecule has 1 saturated heterocycles. The number of unbranched alkanes of at least 4 members (excludes halogenated alkanes) is 2. The van der Waals surface area contributed by atoms with E-state index in [1.54, 1.807) is 0 Å². The second-order valence-corrected chi connectivity index (χ2v) is 5.63. The fraction of sp³-hybridized carbons (Fsp3) is 0.867. The fourth-order valence-corrected chi connectivity index (χ4v) is 3.37. The number of hydrogen-bond donors (Lipinski definition) is 0. The monoisotopic (exact) mass is 236 g/mol. The normalized spacial score (nSPS) is 31.5. The maximum Gasteiger partial charge on any atom is 0.173 e. The molecule has 0 aromatic rings. The highest BCUT2D eigenvalue weighted by molar-refractivity contribution is 4.96. The van der Waals surface area contributed by atoms with Gasteiger partial charge in [0.15, 0.2) is 5.79 Å². The van der Waals surface area contributed by atoms with Crippen molar-refractivity contribution in [2.24, 2.45) is 5.41 Å². The van der Waals surface area contributed by atoms with Gasteiger partial charge < -0.3 is 9.47 Å². The van der Waals surface area contributed by atoms with E-state index < -0.39 is 0 Å². The minimum atomic E-state index is -0.276. The summed E-state index contributed by atoms with van der Waals surface area (Å²) in [4.78, 5) is 0. The van der Waals surface area contributed by atoms with Gasteiger partial charge in [0.1, 0.15) is 0 Å². The Labute approximate surface area is 105 Å². The van der Waals surface area contributed by atoms with E-state index in [0.717, 1.165) is 32.5 Å². The predicted octanol–water partition coefficient (Wildman–Crippen LogP) is 3.50. The SMILES string of the molecule is C#CCCCC[C@]1(C)CCCCC12OCCO2. The van der Waals surface area contributed by atoms with Crippen LogP contribution in [-0.2, 0) is 9.47 Å². The number of ether oxygens (including phenoxy) is 2. The van der Waals surface area contributed by atoms with Crippen molar-refractivity contribution in [3.8, 4) is 12.3 Å². The molecule has 2 nitrogen and oxygen atoms in total. The largest absolute Gasteiger partial charge is 0.347 e. The van der Waals surface area contributed by atoms with E-state index in [1.807, 2.05) is 0 Å². The molecular formula is C15H24O2. The Morgan fingerprint density at radius 3 is 2.53 bits per heavy atom. The van der Waals surface area contributed by atoms with E-state index in [2.05, 4.69) is 12.8 Å². The second-order valence-electron chi connectivity index (χ2n) is 5.63. The van der Waals surface area contributed by atoms with Crippen molar-refractivity contribution in [3.63, 3.8) is 0 Å². The fourth-order valence-electron chi connectivity index (χ4n) is 3.37.